The molecule has 3 aromatic rings. The SMILES string of the molecule is O=C(Nc1ccccc1F)c1ccc2c(c1)[C@@H]1[C@H]3CC[C@@H](C3)[C@H]1[C@@H](c1ccccc1)N2. The summed E-state index contributed by atoms with van der Waals surface area (Å²) in [6, 6.07) is 23.3. The van der Waals surface area contributed by atoms with Crippen LogP contribution in [0.1, 0.15) is 52.7 Å². The lowest BCUT2D eigenvalue weighted by Crippen LogP contribution is -2.35. The molecule has 0 spiro atoms. The molecule has 2 saturated carbocycles. The molecule has 0 unspecified atom stereocenters. The smallest absolute Gasteiger partial charge is 0.255 e. The largest absolute Gasteiger partial charge is 0.378 e. The quantitative estimate of drug-likeness (QED) is 0.524. The number of amides is 1. The zero-order chi connectivity index (χ0) is 20.9. The summed E-state index contributed by atoms with van der Waals surface area (Å²) >= 11 is 0. The Bertz CT molecular complexity index is 1140. The minimum absolute atomic E-state index is 0.213. The molecule has 2 fully saturated rings. The number of para-hydroxylation sites is 1. The minimum Gasteiger partial charge on any atom is -0.378 e. The van der Waals surface area contributed by atoms with E-state index in [9.17, 15) is 9.18 Å². The number of anilines is 2. The molecule has 1 amide bonds. The van der Waals surface area contributed by atoms with E-state index in [0.717, 1.165) is 11.6 Å². The Morgan fingerprint density at radius 1 is 0.935 bits per heavy atom. The van der Waals surface area contributed by atoms with E-state index >= 15 is 0 Å². The van der Waals surface area contributed by atoms with Crippen LogP contribution in [0, 0.1) is 23.6 Å². The molecule has 2 aliphatic carbocycles. The average molecular weight is 413 g/mol. The highest BCUT2D eigenvalue weighted by atomic mass is 19.1. The molecule has 3 aromatic carbocycles. The molecule has 0 saturated heterocycles. The topological polar surface area (TPSA) is 41.1 Å². The third-order valence-corrected chi connectivity index (χ3v) is 7.63. The molecule has 4 heteroatoms. The van der Waals surface area contributed by atoms with Crippen molar-refractivity contribution in [3.05, 3.63) is 95.3 Å². The van der Waals surface area contributed by atoms with E-state index in [4.69, 9.17) is 0 Å². The van der Waals surface area contributed by atoms with Gasteiger partial charge in [-0.15, -0.1) is 0 Å². The molecule has 0 radical (unpaired) electrons. The predicted octanol–water partition coefficient (Wildman–Crippen LogP) is 6.37. The Balaban J connectivity index is 1.36. The van der Waals surface area contributed by atoms with Gasteiger partial charge in [-0.3, -0.25) is 4.79 Å². The first-order valence-electron chi connectivity index (χ1n) is 11.2. The first-order valence-corrected chi connectivity index (χ1v) is 11.2. The first-order chi connectivity index (χ1) is 15.2. The zero-order valence-corrected chi connectivity index (χ0v) is 17.2. The van der Waals surface area contributed by atoms with Crippen LogP contribution in [0.25, 0.3) is 0 Å². The van der Waals surface area contributed by atoms with Crippen LogP contribution in [-0.2, 0) is 0 Å². The molecule has 2 N–H and O–H groups in total. The molecule has 5 atom stereocenters. The molecular weight excluding hydrogens is 387 g/mol. The fourth-order valence-corrected chi connectivity index (χ4v) is 6.37. The van der Waals surface area contributed by atoms with Gasteiger partial charge >= 0.3 is 0 Å². The second-order valence-corrected chi connectivity index (χ2v) is 9.21. The highest BCUT2D eigenvalue weighted by molar-refractivity contribution is 6.04. The van der Waals surface area contributed by atoms with Crippen molar-refractivity contribution in [1.82, 2.24) is 0 Å². The molecule has 2 bridgehead atoms. The summed E-state index contributed by atoms with van der Waals surface area (Å²) in [5.41, 5.74) is 4.53. The lowest BCUT2D eigenvalue weighted by atomic mass is 9.68. The number of carbonyl (C=O) groups excluding carboxylic acids is 1. The van der Waals surface area contributed by atoms with E-state index in [2.05, 4.69) is 41.0 Å². The molecule has 6 rings (SSSR count). The number of fused-ring (bicyclic) bond motifs is 7. The van der Waals surface area contributed by atoms with Crippen molar-refractivity contribution >= 4 is 17.3 Å². The fourth-order valence-electron chi connectivity index (χ4n) is 6.37. The maximum Gasteiger partial charge on any atom is 0.255 e. The van der Waals surface area contributed by atoms with E-state index in [-0.39, 0.29) is 11.6 Å². The Hall–Kier alpha value is -3.14. The zero-order valence-electron chi connectivity index (χ0n) is 17.2. The number of halogens is 1. The van der Waals surface area contributed by atoms with Crippen LogP contribution >= 0.6 is 0 Å². The van der Waals surface area contributed by atoms with Gasteiger partial charge < -0.3 is 10.6 Å². The van der Waals surface area contributed by atoms with Gasteiger partial charge in [0.25, 0.3) is 5.91 Å². The predicted molar refractivity (Wildman–Crippen MR) is 121 cm³/mol. The van der Waals surface area contributed by atoms with Gasteiger partial charge in [-0.05, 0) is 84.4 Å². The average Bonchev–Trinajstić information content (AvgIpc) is 3.43. The van der Waals surface area contributed by atoms with Crippen LogP contribution in [-0.4, -0.2) is 5.91 Å². The van der Waals surface area contributed by atoms with Gasteiger partial charge in [0.1, 0.15) is 5.82 Å². The monoisotopic (exact) mass is 412 g/mol. The summed E-state index contributed by atoms with van der Waals surface area (Å²) in [7, 11) is 0. The van der Waals surface area contributed by atoms with Crippen molar-refractivity contribution in [2.75, 3.05) is 10.6 Å². The van der Waals surface area contributed by atoms with Crippen molar-refractivity contribution in [2.45, 2.75) is 31.2 Å². The molecule has 156 valence electrons. The van der Waals surface area contributed by atoms with E-state index in [1.165, 1.54) is 36.5 Å². The van der Waals surface area contributed by atoms with Gasteiger partial charge in [0.2, 0.25) is 0 Å². The van der Waals surface area contributed by atoms with Crippen LogP contribution in [0.5, 0.6) is 0 Å². The molecule has 0 aromatic heterocycles. The molecule has 31 heavy (non-hydrogen) atoms. The summed E-state index contributed by atoms with van der Waals surface area (Å²) in [5.74, 6) is 1.76. The maximum absolute atomic E-state index is 14.0. The third-order valence-electron chi connectivity index (χ3n) is 7.63. The lowest BCUT2D eigenvalue weighted by Gasteiger charge is -2.43. The number of rotatable bonds is 3. The molecule has 3 aliphatic rings. The van der Waals surface area contributed by atoms with Gasteiger partial charge in [0.15, 0.2) is 0 Å². The van der Waals surface area contributed by atoms with Gasteiger partial charge in [0, 0.05) is 11.3 Å². The highest BCUT2D eigenvalue weighted by Crippen LogP contribution is 2.63. The highest BCUT2D eigenvalue weighted by Gasteiger charge is 2.53. The molecule has 1 heterocycles. The second-order valence-electron chi connectivity index (χ2n) is 9.21. The molecule has 3 nitrogen and oxygen atoms in total. The second kappa shape index (κ2) is 7.23. The van der Waals surface area contributed by atoms with Crippen molar-refractivity contribution in [3.8, 4) is 0 Å². The minimum atomic E-state index is -0.422. The van der Waals surface area contributed by atoms with Gasteiger partial charge in [-0.2, -0.15) is 0 Å². The summed E-state index contributed by atoms with van der Waals surface area (Å²) in [4.78, 5) is 12.9. The van der Waals surface area contributed by atoms with E-state index in [0.29, 0.717) is 29.4 Å². The van der Waals surface area contributed by atoms with Gasteiger partial charge in [-0.25, -0.2) is 4.39 Å². The van der Waals surface area contributed by atoms with Crippen molar-refractivity contribution in [2.24, 2.45) is 17.8 Å². The van der Waals surface area contributed by atoms with Crippen molar-refractivity contribution in [1.29, 1.82) is 0 Å². The Morgan fingerprint density at radius 3 is 2.55 bits per heavy atom. The first kappa shape index (κ1) is 18.6. The lowest BCUT2D eigenvalue weighted by molar-refractivity contribution is 0.102. The van der Waals surface area contributed by atoms with Gasteiger partial charge in [-0.1, -0.05) is 42.5 Å². The van der Waals surface area contributed by atoms with E-state index in [1.54, 1.807) is 18.2 Å². The third kappa shape index (κ3) is 3.04. The van der Waals surface area contributed by atoms with Crippen LogP contribution in [0.2, 0.25) is 0 Å². The number of hydrogen-bond acceptors (Lipinski definition) is 2. The number of nitrogens with one attached hydrogen (secondary N) is 2. The number of benzene rings is 3. The summed E-state index contributed by atoms with van der Waals surface area (Å²) < 4.78 is 14.0. The van der Waals surface area contributed by atoms with Crippen molar-refractivity contribution in [3.63, 3.8) is 0 Å². The molecular formula is C27H25FN2O. The fraction of sp³-hybridized carbons (Fsp3) is 0.296. The van der Waals surface area contributed by atoms with Crippen LogP contribution in [0.4, 0.5) is 15.8 Å². The standard InChI is InChI=1S/C27H25FN2O/c28-21-8-4-5-9-23(21)30-27(31)19-12-13-22-20(15-19)24-17-10-11-18(14-17)25(24)26(29-22)16-6-2-1-3-7-16/h1-9,12-13,15,17-18,24-26,29H,10-11,14H2,(H,30,31)/t17-,18-,24-,25+,26+/m0/s1. The Morgan fingerprint density at radius 2 is 1.71 bits per heavy atom. The maximum atomic E-state index is 14.0. The Kier molecular flexibility index (Phi) is 4.34. The Labute approximate surface area is 181 Å². The number of hydrogen-bond donors (Lipinski definition) is 2. The normalized spacial score (nSPS) is 27.8. The summed E-state index contributed by atoms with van der Waals surface area (Å²) in [5, 5.41) is 6.53. The van der Waals surface area contributed by atoms with Crippen molar-refractivity contribution < 1.29 is 9.18 Å². The summed E-state index contributed by atoms with van der Waals surface area (Å²) in [6.45, 7) is 0. The van der Waals surface area contributed by atoms with E-state index < -0.39 is 5.82 Å². The van der Waals surface area contributed by atoms with Crippen LogP contribution in [0.3, 0.4) is 0 Å². The van der Waals surface area contributed by atoms with Gasteiger partial charge in [0.05, 0.1) is 11.7 Å². The summed E-state index contributed by atoms with van der Waals surface area (Å²) in [6.07, 6.45) is 3.86. The number of carbonyl (C=O) groups is 1. The van der Waals surface area contributed by atoms with Crippen LogP contribution < -0.4 is 10.6 Å². The van der Waals surface area contributed by atoms with E-state index in [1.807, 2.05) is 18.2 Å². The van der Waals surface area contributed by atoms with Crippen LogP contribution in [0.15, 0.2) is 72.8 Å². The molecule has 1 aliphatic heterocycles.